The van der Waals surface area contributed by atoms with Crippen LogP contribution in [0.2, 0.25) is 10.0 Å². The third-order valence-electron chi connectivity index (χ3n) is 2.93. The van der Waals surface area contributed by atoms with Gasteiger partial charge in [0.05, 0.1) is 23.4 Å². The van der Waals surface area contributed by atoms with Crippen molar-refractivity contribution in [3.8, 4) is 5.75 Å². The summed E-state index contributed by atoms with van der Waals surface area (Å²) in [5.74, 6) is -0.460. The standard InChI is InChI=1S/C15H13Cl2NO3/c1-21-15(20)11-6-5-10(16)7-13(11)18-8-9-3-2-4-12(17)14(9)19/h2-7,18-19H,8H2,1H3. The summed E-state index contributed by atoms with van der Waals surface area (Å²) in [6.07, 6.45) is 0. The predicted octanol–water partition coefficient (Wildman–Crippen LogP) is 4.10. The molecule has 0 saturated heterocycles. The zero-order valence-corrected chi connectivity index (χ0v) is 12.7. The average molecular weight is 326 g/mol. The number of rotatable bonds is 4. The number of benzene rings is 2. The van der Waals surface area contributed by atoms with Gasteiger partial charge in [0, 0.05) is 17.1 Å². The quantitative estimate of drug-likeness (QED) is 0.831. The van der Waals surface area contributed by atoms with Crippen molar-refractivity contribution in [2.24, 2.45) is 0 Å². The molecule has 0 aromatic heterocycles. The highest BCUT2D eigenvalue weighted by Gasteiger charge is 2.13. The summed E-state index contributed by atoms with van der Waals surface area (Å²) in [6.45, 7) is 0.288. The highest BCUT2D eigenvalue weighted by molar-refractivity contribution is 6.32. The monoisotopic (exact) mass is 325 g/mol. The zero-order valence-electron chi connectivity index (χ0n) is 11.2. The van der Waals surface area contributed by atoms with E-state index in [1.54, 1.807) is 36.4 Å². The average Bonchev–Trinajstić information content (AvgIpc) is 2.48. The Labute approximate surface area is 132 Å². The SMILES string of the molecule is COC(=O)c1ccc(Cl)cc1NCc1cccc(Cl)c1O. The van der Waals surface area contributed by atoms with Crippen LogP contribution in [0.1, 0.15) is 15.9 Å². The second-order valence-corrected chi connectivity index (χ2v) is 5.13. The number of anilines is 1. The lowest BCUT2D eigenvalue weighted by Crippen LogP contribution is -2.08. The minimum Gasteiger partial charge on any atom is -0.506 e. The fraction of sp³-hybridized carbons (Fsp3) is 0.133. The Morgan fingerprint density at radius 3 is 2.76 bits per heavy atom. The van der Waals surface area contributed by atoms with Crippen molar-refractivity contribution in [1.29, 1.82) is 0 Å². The molecule has 2 N–H and O–H groups in total. The number of hydrogen-bond donors (Lipinski definition) is 2. The Hall–Kier alpha value is -1.91. The Morgan fingerprint density at radius 2 is 2.05 bits per heavy atom. The van der Waals surface area contributed by atoms with Crippen molar-refractivity contribution < 1.29 is 14.6 Å². The zero-order chi connectivity index (χ0) is 15.4. The van der Waals surface area contributed by atoms with Crippen LogP contribution in [0.5, 0.6) is 5.75 Å². The van der Waals surface area contributed by atoms with E-state index < -0.39 is 5.97 Å². The molecule has 4 nitrogen and oxygen atoms in total. The number of carbonyl (C=O) groups excluding carboxylic acids is 1. The van der Waals surface area contributed by atoms with Gasteiger partial charge in [-0.3, -0.25) is 0 Å². The minimum absolute atomic E-state index is 0.00770. The molecule has 6 heteroatoms. The van der Waals surface area contributed by atoms with Gasteiger partial charge >= 0.3 is 5.97 Å². The summed E-state index contributed by atoms with van der Waals surface area (Å²) in [5, 5.41) is 13.7. The van der Waals surface area contributed by atoms with Crippen molar-refractivity contribution in [1.82, 2.24) is 0 Å². The van der Waals surface area contributed by atoms with Crippen molar-refractivity contribution in [3.05, 3.63) is 57.6 Å². The number of aromatic hydroxyl groups is 1. The molecule has 0 fully saturated rings. The molecule has 0 spiro atoms. The number of hydrogen-bond acceptors (Lipinski definition) is 4. The van der Waals surface area contributed by atoms with Gasteiger partial charge < -0.3 is 15.2 Å². The Morgan fingerprint density at radius 1 is 1.29 bits per heavy atom. The molecule has 0 bridgehead atoms. The van der Waals surface area contributed by atoms with Crippen molar-refractivity contribution >= 4 is 34.9 Å². The molecular formula is C15H13Cl2NO3. The maximum atomic E-state index is 11.7. The molecule has 0 aliphatic heterocycles. The summed E-state index contributed by atoms with van der Waals surface area (Å²) in [4.78, 5) is 11.7. The Kier molecular flexibility index (Phi) is 4.94. The van der Waals surface area contributed by atoms with Crippen LogP contribution < -0.4 is 5.32 Å². The first-order valence-electron chi connectivity index (χ1n) is 6.11. The van der Waals surface area contributed by atoms with Gasteiger partial charge in [-0.25, -0.2) is 4.79 Å². The second-order valence-electron chi connectivity index (χ2n) is 4.28. The number of phenols is 1. The van der Waals surface area contributed by atoms with Crippen molar-refractivity contribution in [2.45, 2.75) is 6.54 Å². The van der Waals surface area contributed by atoms with Gasteiger partial charge in [0.1, 0.15) is 5.75 Å². The van der Waals surface area contributed by atoms with Crippen molar-refractivity contribution in [2.75, 3.05) is 12.4 Å². The van der Waals surface area contributed by atoms with E-state index in [1.807, 2.05) is 0 Å². The lowest BCUT2D eigenvalue weighted by molar-refractivity contribution is 0.0602. The topological polar surface area (TPSA) is 58.6 Å². The molecule has 0 radical (unpaired) electrons. The predicted molar refractivity (Wildman–Crippen MR) is 83.2 cm³/mol. The van der Waals surface area contributed by atoms with E-state index in [0.717, 1.165) is 0 Å². The molecule has 0 aliphatic carbocycles. The molecule has 21 heavy (non-hydrogen) atoms. The highest BCUT2D eigenvalue weighted by Crippen LogP contribution is 2.28. The lowest BCUT2D eigenvalue weighted by Gasteiger charge is -2.12. The Bertz CT molecular complexity index is 674. The van der Waals surface area contributed by atoms with Crippen LogP contribution >= 0.6 is 23.2 Å². The van der Waals surface area contributed by atoms with E-state index in [0.29, 0.717) is 21.8 Å². The van der Waals surface area contributed by atoms with Crippen LogP contribution in [-0.4, -0.2) is 18.2 Å². The van der Waals surface area contributed by atoms with Crippen LogP contribution in [0.25, 0.3) is 0 Å². The largest absolute Gasteiger partial charge is 0.506 e. The first-order chi connectivity index (χ1) is 10.0. The summed E-state index contributed by atoms with van der Waals surface area (Å²) >= 11 is 11.8. The molecule has 2 aromatic rings. The first-order valence-corrected chi connectivity index (χ1v) is 6.86. The van der Waals surface area contributed by atoms with Crippen LogP contribution in [-0.2, 0) is 11.3 Å². The summed E-state index contributed by atoms with van der Waals surface area (Å²) in [6, 6.07) is 9.87. The van der Waals surface area contributed by atoms with Gasteiger partial charge in [-0.05, 0) is 24.3 Å². The molecule has 0 saturated carbocycles. The van der Waals surface area contributed by atoms with Gasteiger partial charge in [0.25, 0.3) is 0 Å². The molecule has 0 heterocycles. The van der Waals surface area contributed by atoms with E-state index >= 15 is 0 Å². The molecule has 0 amide bonds. The number of halogens is 2. The van der Waals surface area contributed by atoms with E-state index in [1.165, 1.54) is 7.11 Å². The second kappa shape index (κ2) is 6.70. The number of methoxy groups -OCH3 is 1. The van der Waals surface area contributed by atoms with Crippen molar-refractivity contribution in [3.63, 3.8) is 0 Å². The number of nitrogens with one attached hydrogen (secondary N) is 1. The van der Waals surface area contributed by atoms with E-state index in [9.17, 15) is 9.90 Å². The minimum atomic E-state index is -0.468. The number of esters is 1. The van der Waals surface area contributed by atoms with Crippen LogP contribution in [0.15, 0.2) is 36.4 Å². The number of para-hydroxylation sites is 1. The van der Waals surface area contributed by atoms with Gasteiger partial charge in [-0.1, -0.05) is 35.3 Å². The van der Waals surface area contributed by atoms with Gasteiger partial charge in [-0.2, -0.15) is 0 Å². The van der Waals surface area contributed by atoms with Gasteiger partial charge in [-0.15, -0.1) is 0 Å². The molecule has 2 rings (SSSR count). The maximum Gasteiger partial charge on any atom is 0.339 e. The van der Waals surface area contributed by atoms with Gasteiger partial charge in [0.2, 0.25) is 0 Å². The summed E-state index contributed by atoms with van der Waals surface area (Å²) in [7, 11) is 1.31. The molecule has 0 atom stereocenters. The molecule has 110 valence electrons. The van der Waals surface area contributed by atoms with E-state index in [-0.39, 0.29) is 17.3 Å². The number of ether oxygens (including phenoxy) is 1. The molecular weight excluding hydrogens is 313 g/mol. The normalized spacial score (nSPS) is 10.2. The molecule has 0 unspecified atom stereocenters. The molecule has 2 aromatic carbocycles. The van der Waals surface area contributed by atoms with E-state index in [4.69, 9.17) is 27.9 Å². The number of carbonyl (C=O) groups is 1. The van der Waals surface area contributed by atoms with Crippen LogP contribution in [0.3, 0.4) is 0 Å². The lowest BCUT2D eigenvalue weighted by atomic mass is 10.1. The maximum absolute atomic E-state index is 11.7. The van der Waals surface area contributed by atoms with Gasteiger partial charge in [0.15, 0.2) is 0 Å². The van der Waals surface area contributed by atoms with Crippen LogP contribution in [0, 0.1) is 0 Å². The summed E-state index contributed by atoms with van der Waals surface area (Å²) in [5.41, 5.74) is 1.50. The smallest absolute Gasteiger partial charge is 0.339 e. The number of phenolic OH excluding ortho intramolecular Hbond substituents is 1. The third kappa shape index (κ3) is 3.60. The van der Waals surface area contributed by atoms with Crippen LogP contribution in [0.4, 0.5) is 5.69 Å². The fourth-order valence-corrected chi connectivity index (χ4v) is 2.21. The molecule has 0 aliphatic rings. The Balaban J connectivity index is 2.25. The first kappa shape index (κ1) is 15.5. The van der Waals surface area contributed by atoms with E-state index in [2.05, 4.69) is 5.32 Å². The fourth-order valence-electron chi connectivity index (χ4n) is 1.84. The summed E-state index contributed by atoms with van der Waals surface area (Å²) < 4.78 is 4.72. The highest BCUT2D eigenvalue weighted by atomic mass is 35.5. The third-order valence-corrected chi connectivity index (χ3v) is 3.47.